The molecule has 0 saturated heterocycles. The van der Waals surface area contributed by atoms with Gasteiger partial charge in [-0.1, -0.05) is 26.0 Å². The van der Waals surface area contributed by atoms with E-state index < -0.39 is 5.92 Å². The van der Waals surface area contributed by atoms with Crippen molar-refractivity contribution in [2.24, 2.45) is 5.92 Å². The average Bonchev–Trinajstić information content (AvgIpc) is 3.23. The standard InChI is InChI=1S/C26H27N3O4/c1-14(2)11-28-12-17-23(16-8-9-22(33-4)21(31)10-16)25-19(13-29(15(3)30)26(25)32)27-18-6-5-7-20(28)24(17)18/h5-10,12,14,23,27,31H,11,13H2,1-4H3/t23-/m1/s1. The van der Waals surface area contributed by atoms with Gasteiger partial charge in [-0.2, -0.15) is 0 Å². The van der Waals surface area contributed by atoms with Crippen molar-refractivity contribution >= 4 is 28.4 Å². The third kappa shape index (κ3) is 3.26. The predicted molar refractivity (Wildman–Crippen MR) is 126 cm³/mol. The lowest BCUT2D eigenvalue weighted by Gasteiger charge is -2.20. The van der Waals surface area contributed by atoms with Crippen LogP contribution in [0.5, 0.6) is 11.5 Å². The van der Waals surface area contributed by atoms with Crippen molar-refractivity contribution in [2.75, 3.05) is 19.0 Å². The monoisotopic (exact) mass is 445 g/mol. The van der Waals surface area contributed by atoms with E-state index in [0.29, 0.717) is 17.2 Å². The zero-order valence-corrected chi connectivity index (χ0v) is 19.2. The van der Waals surface area contributed by atoms with E-state index in [1.165, 1.54) is 18.9 Å². The predicted octanol–water partition coefficient (Wildman–Crippen LogP) is 4.21. The number of nitrogens with zero attached hydrogens (tertiary/aromatic N) is 2. The average molecular weight is 446 g/mol. The summed E-state index contributed by atoms with van der Waals surface area (Å²) in [6.07, 6.45) is 2.11. The van der Waals surface area contributed by atoms with Crippen molar-refractivity contribution in [3.63, 3.8) is 0 Å². The maximum Gasteiger partial charge on any atom is 0.259 e. The van der Waals surface area contributed by atoms with Crippen LogP contribution in [0.3, 0.4) is 0 Å². The lowest BCUT2D eigenvalue weighted by Crippen LogP contribution is -2.33. The summed E-state index contributed by atoms with van der Waals surface area (Å²) in [7, 11) is 1.50. The van der Waals surface area contributed by atoms with Gasteiger partial charge >= 0.3 is 0 Å². The molecule has 0 saturated carbocycles. The molecule has 0 bridgehead atoms. The highest BCUT2D eigenvalue weighted by Crippen LogP contribution is 2.47. The Labute approximate surface area is 192 Å². The van der Waals surface area contributed by atoms with Gasteiger partial charge in [0, 0.05) is 42.4 Å². The minimum atomic E-state index is -0.444. The lowest BCUT2D eigenvalue weighted by molar-refractivity contribution is -0.139. The molecule has 0 fully saturated rings. The van der Waals surface area contributed by atoms with E-state index in [4.69, 9.17) is 4.74 Å². The molecule has 33 heavy (non-hydrogen) atoms. The second kappa shape index (κ2) is 7.69. The van der Waals surface area contributed by atoms with Crippen molar-refractivity contribution in [1.82, 2.24) is 9.47 Å². The minimum Gasteiger partial charge on any atom is -0.504 e. The van der Waals surface area contributed by atoms with Crippen LogP contribution in [0.1, 0.15) is 37.8 Å². The topological polar surface area (TPSA) is 83.8 Å². The molecule has 7 heteroatoms. The Morgan fingerprint density at radius 2 is 2.06 bits per heavy atom. The quantitative estimate of drug-likeness (QED) is 0.629. The number of aromatic nitrogens is 1. The Balaban J connectivity index is 1.79. The summed E-state index contributed by atoms with van der Waals surface area (Å²) in [4.78, 5) is 27.0. The van der Waals surface area contributed by atoms with Crippen molar-refractivity contribution in [1.29, 1.82) is 0 Å². The van der Waals surface area contributed by atoms with Crippen LogP contribution in [-0.4, -0.2) is 40.0 Å². The van der Waals surface area contributed by atoms with Gasteiger partial charge in [-0.05, 0) is 41.3 Å². The Morgan fingerprint density at radius 3 is 2.73 bits per heavy atom. The first-order valence-electron chi connectivity index (χ1n) is 11.1. The molecule has 2 N–H and O–H groups in total. The molecule has 2 amide bonds. The van der Waals surface area contributed by atoms with E-state index in [1.54, 1.807) is 12.1 Å². The van der Waals surface area contributed by atoms with Gasteiger partial charge in [0.15, 0.2) is 11.5 Å². The van der Waals surface area contributed by atoms with Crippen LogP contribution in [0.4, 0.5) is 5.69 Å². The van der Waals surface area contributed by atoms with Crippen molar-refractivity contribution in [2.45, 2.75) is 33.2 Å². The molecule has 7 nitrogen and oxygen atoms in total. The van der Waals surface area contributed by atoms with Crippen LogP contribution < -0.4 is 10.1 Å². The fraction of sp³-hybridized carbons (Fsp3) is 0.308. The number of imide groups is 1. The summed E-state index contributed by atoms with van der Waals surface area (Å²) in [6.45, 7) is 6.78. The first kappa shape index (κ1) is 21.1. The van der Waals surface area contributed by atoms with Gasteiger partial charge in [0.1, 0.15) is 0 Å². The molecule has 2 aliphatic rings. The number of anilines is 1. The van der Waals surface area contributed by atoms with Gasteiger partial charge in [-0.15, -0.1) is 0 Å². The van der Waals surface area contributed by atoms with Crippen LogP contribution >= 0.6 is 0 Å². The van der Waals surface area contributed by atoms with Crippen LogP contribution in [0.15, 0.2) is 53.9 Å². The van der Waals surface area contributed by atoms with Crippen molar-refractivity contribution in [3.8, 4) is 11.5 Å². The molecule has 2 aliphatic heterocycles. The zero-order chi connectivity index (χ0) is 23.4. The van der Waals surface area contributed by atoms with E-state index in [2.05, 4.69) is 36.0 Å². The molecule has 5 rings (SSSR count). The molecule has 0 radical (unpaired) electrons. The van der Waals surface area contributed by atoms with Gasteiger partial charge in [0.05, 0.1) is 24.7 Å². The number of carbonyl (C=O) groups excluding carboxylic acids is 2. The van der Waals surface area contributed by atoms with Gasteiger partial charge in [0.25, 0.3) is 5.91 Å². The van der Waals surface area contributed by atoms with E-state index in [0.717, 1.165) is 40.0 Å². The highest BCUT2D eigenvalue weighted by atomic mass is 16.5. The summed E-state index contributed by atoms with van der Waals surface area (Å²) < 4.78 is 7.46. The maximum absolute atomic E-state index is 13.5. The Kier molecular flexibility index (Phi) is 4.92. The molecule has 0 spiro atoms. The molecule has 170 valence electrons. The summed E-state index contributed by atoms with van der Waals surface area (Å²) in [5.41, 5.74) is 4.99. The van der Waals surface area contributed by atoms with E-state index in [1.807, 2.05) is 18.2 Å². The summed E-state index contributed by atoms with van der Waals surface area (Å²) in [5, 5.41) is 15.1. The third-order valence-corrected chi connectivity index (χ3v) is 6.42. The Hall–Kier alpha value is -3.74. The normalized spacial score (nSPS) is 17.4. The molecular weight excluding hydrogens is 418 g/mol. The van der Waals surface area contributed by atoms with Gasteiger partial charge in [-0.25, -0.2) is 0 Å². The molecule has 3 heterocycles. The summed E-state index contributed by atoms with van der Waals surface area (Å²) >= 11 is 0. The number of phenols is 1. The smallest absolute Gasteiger partial charge is 0.259 e. The number of benzene rings is 2. The van der Waals surface area contributed by atoms with Crippen LogP contribution in [-0.2, 0) is 16.1 Å². The lowest BCUT2D eigenvalue weighted by atomic mass is 9.84. The number of aromatic hydroxyl groups is 1. The number of phenolic OH excluding ortho intramolecular Hbond substituents is 1. The minimum absolute atomic E-state index is 0.00867. The highest BCUT2D eigenvalue weighted by molar-refractivity contribution is 6.11. The molecule has 1 atom stereocenters. The zero-order valence-electron chi connectivity index (χ0n) is 19.2. The second-order valence-electron chi connectivity index (χ2n) is 9.12. The van der Waals surface area contributed by atoms with Gasteiger partial charge in [0.2, 0.25) is 5.91 Å². The molecule has 1 aromatic heterocycles. The number of methoxy groups -OCH3 is 1. The Morgan fingerprint density at radius 1 is 1.27 bits per heavy atom. The number of hydrogen-bond donors (Lipinski definition) is 2. The highest BCUT2D eigenvalue weighted by Gasteiger charge is 2.41. The summed E-state index contributed by atoms with van der Waals surface area (Å²) in [5.74, 6) is -0.224. The number of ether oxygens (including phenoxy) is 1. The first-order chi connectivity index (χ1) is 15.8. The van der Waals surface area contributed by atoms with E-state index in [-0.39, 0.29) is 24.1 Å². The first-order valence-corrected chi connectivity index (χ1v) is 11.1. The molecular formula is C26H27N3O4. The van der Waals surface area contributed by atoms with Gasteiger partial charge < -0.3 is 19.7 Å². The number of amides is 2. The Bertz CT molecular complexity index is 1330. The SMILES string of the molecule is COc1ccc([C@H]2C3=C(CN(C(C)=O)C3=O)Nc3cccc4c3c2cn4CC(C)C)cc1O. The number of carbonyl (C=O) groups is 2. The van der Waals surface area contributed by atoms with Crippen molar-refractivity contribution < 1.29 is 19.4 Å². The van der Waals surface area contributed by atoms with E-state index >= 15 is 0 Å². The number of nitrogens with one attached hydrogen (secondary N) is 1. The van der Waals surface area contributed by atoms with E-state index in [9.17, 15) is 14.7 Å². The number of rotatable bonds is 4. The van der Waals surface area contributed by atoms with Gasteiger partial charge in [-0.3, -0.25) is 14.5 Å². The number of hydrogen-bond acceptors (Lipinski definition) is 5. The molecule has 3 aromatic rings. The second-order valence-corrected chi connectivity index (χ2v) is 9.12. The van der Waals surface area contributed by atoms with Crippen LogP contribution in [0, 0.1) is 5.92 Å². The molecule has 0 aliphatic carbocycles. The van der Waals surface area contributed by atoms with Crippen molar-refractivity contribution in [3.05, 3.63) is 65.0 Å². The largest absolute Gasteiger partial charge is 0.504 e. The summed E-state index contributed by atoms with van der Waals surface area (Å²) in [6, 6.07) is 11.3. The third-order valence-electron chi connectivity index (χ3n) is 6.42. The fourth-order valence-electron chi connectivity index (χ4n) is 5.05. The fourth-order valence-corrected chi connectivity index (χ4v) is 5.05. The van der Waals surface area contributed by atoms with Crippen LogP contribution in [0.2, 0.25) is 0 Å². The van der Waals surface area contributed by atoms with Crippen LogP contribution in [0.25, 0.3) is 10.9 Å². The molecule has 2 aromatic carbocycles. The maximum atomic E-state index is 13.5. The molecule has 0 unspecified atom stereocenters.